The van der Waals surface area contributed by atoms with E-state index < -0.39 is 5.97 Å². The second kappa shape index (κ2) is 16.1. The molecule has 1 N–H and O–H groups in total. The highest BCUT2D eigenvalue weighted by Crippen LogP contribution is 2.41. The Morgan fingerprint density at radius 2 is 1.25 bits per heavy atom. The lowest BCUT2D eigenvalue weighted by Crippen LogP contribution is -2.08. The number of ether oxygens (including phenoxy) is 4. The molecule has 4 rings (SSSR count). The first-order chi connectivity index (χ1) is 21.1. The van der Waals surface area contributed by atoms with Gasteiger partial charge in [0.2, 0.25) is 0 Å². The van der Waals surface area contributed by atoms with Gasteiger partial charge in [-0.2, -0.15) is 0 Å². The highest BCUT2D eigenvalue weighted by molar-refractivity contribution is 5.93. The Bertz CT molecular complexity index is 1550. The monoisotopic (exact) mass is 606 g/mol. The Hall–Kier alpha value is -4.92. The van der Waals surface area contributed by atoms with Gasteiger partial charge in [-0.3, -0.25) is 4.79 Å². The lowest BCUT2D eigenvalue weighted by Gasteiger charge is -2.18. The number of carbonyl (C=O) groups excluding carboxylic acids is 2. The average Bonchev–Trinajstić information content (AvgIpc) is 2.99. The van der Waals surface area contributed by atoms with Gasteiger partial charge in [0, 0.05) is 5.56 Å². The minimum Gasteiger partial charge on any atom is -0.507 e. The van der Waals surface area contributed by atoms with Gasteiger partial charge in [0.1, 0.15) is 40.9 Å². The van der Waals surface area contributed by atoms with Crippen molar-refractivity contribution in [1.82, 2.24) is 0 Å². The molecule has 0 amide bonds. The normalized spacial score (nSPS) is 10.5. The zero-order chi connectivity index (χ0) is 32.2. The number of phenols is 1. The molecule has 0 atom stereocenters. The van der Waals surface area contributed by atoms with Crippen molar-refractivity contribution in [2.45, 2.75) is 40.7 Å². The molecule has 9 heteroatoms. The molecule has 0 saturated carbocycles. The van der Waals surface area contributed by atoms with Gasteiger partial charge < -0.3 is 24.1 Å². The largest absolute Gasteiger partial charge is 0.507 e. The predicted octanol–water partition coefficient (Wildman–Crippen LogP) is 8.26. The van der Waals surface area contributed by atoms with E-state index in [0.29, 0.717) is 47.2 Å². The summed E-state index contributed by atoms with van der Waals surface area (Å²) < 4.78 is 48.1. The molecule has 0 aliphatic rings. The molecule has 0 aliphatic carbocycles. The van der Waals surface area contributed by atoms with Crippen LogP contribution in [-0.4, -0.2) is 43.3 Å². The molecule has 0 aliphatic heterocycles. The smallest absolute Gasteiger partial charge is 0.338 e. The van der Waals surface area contributed by atoms with E-state index in [1.165, 1.54) is 48.5 Å². The molecule has 4 aromatic carbocycles. The molecule has 0 unspecified atom stereocenters. The van der Waals surface area contributed by atoms with Gasteiger partial charge in [-0.1, -0.05) is 24.3 Å². The SMILES string of the molecule is CCOC(=O)c1cc(O)c(-c2ccc(F)cc2)c(OCC)c1.CCOc1cc(C=O)cc(OC(C)C)c1-c1ccc(F)cc1. The summed E-state index contributed by atoms with van der Waals surface area (Å²) >= 11 is 0. The van der Waals surface area contributed by atoms with E-state index in [9.17, 15) is 23.5 Å². The summed E-state index contributed by atoms with van der Waals surface area (Å²) in [6.07, 6.45) is 0.694. The van der Waals surface area contributed by atoms with Gasteiger partial charge >= 0.3 is 5.97 Å². The number of carbonyl (C=O) groups is 2. The molecule has 0 spiro atoms. The highest BCUT2D eigenvalue weighted by atomic mass is 19.1. The van der Waals surface area contributed by atoms with Crippen LogP contribution in [0, 0.1) is 11.6 Å². The van der Waals surface area contributed by atoms with E-state index in [2.05, 4.69) is 0 Å². The fraction of sp³-hybridized carbons (Fsp3) is 0.257. The first kappa shape index (κ1) is 33.6. The molecular weight excluding hydrogens is 570 g/mol. The molecule has 0 bridgehead atoms. The van der Waals surface area contributed by atoms with Gasteiger partial charge in [-0.25, -0.2) is 13.6 Å². The zero-order valence-electron chi connectivity index (χ0n) is 25.4. The first-order valence-electron chi connectivity index (χ1n) is 14.2. The van der Waals surface area contributed by atoms with Crippen LogP contribution < -0.4 is 14.2 Å². The van der Waals surface area contributed by atoms with Crippen molar-refractivity contribution >= 4 is 12.3 Å². The molecule has 0 aromatic heterocycles. The Balaban J connectivity index is 0.000000240. The van der Waals surface area contributed by atoms with Crippen LogP contribution in [0.3, 0.4) is 0 Å². The van der Waals surface area contributed by atoms with Gasteiger partial charge in [0.15, 0.2) is 0 Å². The van der Waals surface area contributed by atoms with Crippen molar-refractivity contribution in [3.05, 3.63) is 95.6 Å². The van der Waals surface area contributed by atoms with E-state index in [-0.39, 0.29) is 35.7 Å². The van der Waals surface area contributed by atoms with Crippen LogP contribution in [0.2, 0.25) is 0 Å². The maximum Gasteiger partial charge on any atom is 0.338 e. The van der Waals surface area contributed by atoms with Crippen LogP contribution in [0.1, 0.15) is 55.3 Å². The highest BCUT2D eigenvalue weighted by Gasteiger charge is 2.19. The summed E-state index contributed by atoms with van der Waals surface area (Å²) in [6, 6.07) is 18.0. The second-order valence-electron chi connectivity index (χ2n) is 9.65. The lowest BCUT2D eigenvalue weighted by molar-refractivity contribution is 0.0525. The number of aldehydes is 1. The third-order valence-electron chi connectivity index (χ3n) is 6.05. The number of phenolic OH excluding ortho intramolecular Hbond substituents is 1. The van der Waals surface area contributed by atoms with E-state index >= 15 is 0 Å². The molecule has 4 aromatic rings. The molecule has 7 nitrogen and oxygen atoms in total. The minimum absolute atomic E-state index is 0.0597. The minimum atomic E-state index is -0.538. The average molecular weight is 607 g/mol. The Kier molecular flexibility index (Phi) is 12.3. The van der Waals surface area contributed by atoms with Gasteiger partial charge in [-0.15, -0.1) is 0 Å². The fourth-order valence-corrected chi connectivity index (χ4v) is 4.30. The van der Waals surface area contributed by atoms with Gasteiger partial charge in [0.05, 0.1) is 42.6 Å². The molecule has 0 saturated heterocycles. The number of aromatic hydroxyl groups is 1. The molecule has 0 radical (unpaired) electrons. The van der Waals surface area contributed by atoms with Gasteiger partial charge in [-0.05, 0) is 94.3 Å². The third-order valence-corrected chi connectivity index (χ3v) is 6.05. The van der Waals surface area contributed by atoms with Crippen LogP contribution in [0.4, 0.5) is 8.78 Å². The molecular formula is C35H36F2O7. The Morgan fingerprint density at radius 3 is 1.73 bits per heavy atom. The molecule has 0 heterocycles. The standard InChI is InChI=1S/C18H19FO3.C17H17FO4/c1-4-21-16-9-13(11-20)10-17(22-12(2)3)18(16)14-5-7-15(19)8-6-14;1-3-21-15-10-12(17(20)22-4-2)9-14(19)16(15)11-5-7-13(18)8-6-11/h5-12H,4H2,1-3H3;5-10,19H,3-4H2,1-2H3. The van der Waals surface area contributed by atoms with E-state index in [1.807, 2.05) is 20.8 Å². The number of hydrogen-bond acceptors (Lipinski definition) is 7. The van der Waals surface area contributed by atoms with Crippen molar-refractivity contribution in [3.63, 3.8) is 0 Å². The van der Waals surface area contributed by atoms with E-state index in [1.54, 1.807) is 38.1 Å². The summed E-state index contributed by atoms with van der Waals surface area (Å²) in [4.78, 5) is 22.9. The van der Waals surface area contributed by atoms with Gasteiger partial charge in [0.25, 0.3) is 0 Å². The summed E-state index contributed by atoms with van der Waals surface area (Å²) in [5, 5.41) is 10.3. The number of benzene rings is 4. The Morgan fingerprint density at radius 1 is 0.750 bits per heavy atom. The third kappa shape index (κ3) is 8.80. The predicted molar refractivity (Wildman–Crippen MR) is 165 cm³/mol. The summed E-state index contributed by atoms with van der Waals surface area (Å²) in [5.74, 6) is 0.105. The topological polar surface area (TPSA) is 91.3 Å². The van der Waals surface area contributed by atoms with Crippen molar-refractivity contribution in [2.24, 2.45) is 0 Å². The fourth-order valence-electron chi connectivity index (χ4n) is 4.30. The van der Waals surface area contributed by atoms with Crippen molar-refractivity contribution < 1.29 is 42.4 Å². The summed E-state index contributed by atoms with van der Waals surface area (Å²) in [5.41, 5.74) is 3.19. The number of hydrogen-bond donors (Lipinski definition) is 1. The lowest BCUT2D eigenvalue weighted by atomic mass is 10.0. The first-order valence-corrected chi connectivity index (χ1v) is 14.2. The van der Waals surface area contributed by atoms with Crippen molar-refractivity contribution in [1.29, 1.82) is 0 Å². The summed E-state index contributed by atoms with van der Waals surface area (Å²) in [6.45, 7) is 10.2. The Labute approximate surface area is 256 Å². The zero-order valence-corrected chi connectivity index (χ0v) is 25.4. The van der Waals surface area contributed by atoms with Crippen molar-refractivity contribution in [3.8, 4) is 45.3 Å². The van der Waals surface area contributed by atoms with Crippen molar-refractivity contribution in [2.75, 3.05) is 19.8 Å². The second-order valence-corrected chi connectivity index (χ2v) is 9.65. The van der Waals surface area contributed by atoms with Crippen LogP contribution in [0.15, 0.2) is 72.8 Å². The molecule has 232 valence electrons. The molecule has 44 heavy (non-hydrogen) atoms. The molecule has 0 fully saturated rings. The maximum absolute atomic E-state index is 13.2. The van der Waals surface area contributed by atoms with Crippen LogP contribution >= 0.6 is 0 Å². The number of halogens is 2. The maximum atomic E-state index is 13.2. The van der Waals surface area contributed by atoms with Crippen LogP contribution in [-0.2, 0) is 4.74 Å². The van der Waals surface area contributed by atoms with E-state index in [0.717, 1.165) is 17.4 Å². The summed E-state index contributed by atoms with van der Waals surface area (Å²) in [7, 11) is 0. The van der Waals surface area contributed by atoms with Crippen LogP contribution in [0.25, 0.3) is 22.3 Å². The number of esters is 1. The van der Waals surface area contributed by atoms with Crippen LogP contribution in [0.5, 0.6) is 23.0 Å². The quantitative estimate of drug-likeness (QED) is 0.136. The number of rotatable bonds is 11. The van der Waals surface area contributed by atoms with E-state index in [4.69, 9.17) is 18.9 Å².